The molecule has 1 amide bonds. The molecule has 3 aromatic rings. The van der Waals surface area contributed by atoms with Gasteiger partial charge in [0.05, 0.1) is 11.9 Å². The molecular formula is C25H28N4O2. The average molecular weight is 417 g/mol. The fourth-order valence-corrected chi connectivity index (χ4v) is 4.65. The summed E-state index contributed by atoms with van der Waals surface area (Å²) < 4.78 is 1.35. The molecule has 2 aromatic carbocycles. The van der Waals surface area contributed by atoms with Crippen LogP contribution in [0.2, 0.25) is 0 Å². The first-order valence-electron chi connectivity index (χ1n) is 10.7. The lowest BCUT2D eigenvalue weighted by Gasteiger charge is -2.34. The van der Waals surface area contributed by atoms with E-state index >= 15 is 0 Å². The minimum absolute atomic E-state index is 0.176. The summed E-state index contributed by atoms with van der Waals surface area (Å²) in [6, 6.07) is 16.7. The summed E-state index contributed by atoms with van der Waals surface area (Å²) in [5.74, 6) is 0.132. The number of nitrogens with zero attached hydrogens (tertiary/aromatic N) is 3. The summed E-state index contributed by atoms with van der Waals surface area (Å²) >= 11 is 0. The summed E-state index contributed by atoms with van der Waals surface area (Å²) in [5, 5.41) is 9.87. The molecule has 1 aromatic heterocycles. The molecule has 1 atom stereocenters. The number of fused-ring (bicyclic) bond motifs is 1. The number of carbonyl (C=O) groups excluding carboxylic acids is 1. The van der Waals surface area contributed by atoms with Crippen LogP contribution < -0.4 is 11.0 Å². The smallest absolute Gasteiger partial charge is 0.267 e. The highest BCUT2D eigenvalue weighted by Gasteiger charge is 2.29. The third-order valence-corrected chi connectivity index (χ3v) is 5.74. The lowest BCUT2D eigenvalue weighted by Crippen LogP contribution is -2.32. The molecule has 6 heteroatoms. The summed E-state index contributed by atoms with van der Waals surface area (Å²) in [6.45, 7) is 6.97. The molecule has 0 bridgehead atoms. The number of amides is 1. The minimum atomic E-state index is -0.401. The van der Waals surface area contributed by atoms with Crippen molar-refractivity contribution in [2.45, 2.75) is 46.6 Å². The quantitative estimate of drug-likeness (QED) is 0.642. The van der Waals surface area contributed by atoms with Crippen molar-refractivity contribution in [3.05, 3.63) is 76.2 Å². The number of rotatable bonds is 4. The number of hydrazone groups is 1. The molecule has 0 radical (unpaired) electrons. The normalized spacial score (nSPS) is 19.5. The first-order valence-corrected chi connectivity index (χ1v) is 10.7. The van der Waals surface area contributed by atoms with E-state index in [1.165, 1.54) is 4.68 Å². The van der Waals surface area contributed by atoms with E-state index in [4.69, 9.17) is 0 Å². The molecule has 1 fully saturated rings. The third-order valence-electron chi connectivity index (χ3n) is 5.74. The van der Waals surface area contributed by atoms with E-state index in [0.29, 0.717) is 23.2 Å². The van der Waals surface area contributed by atoms with Gasteiger partial charge in [-0.05, 0) is 42.2 Å². The molecule has 4 rings (SSSR count). The molecule has 6 nitrogen and oxygen atoms in total. The number of aromatic nitrogens is 2. The molecule has 1 saturated carbocycles. The average Bonchev–Trinajstić information content (AvgIpc) is 2.73. The summed E-state index contributed by atoms with van der Waals surface area (Å²) in [7, 11) is 0. The van der Waals surface area contributed by atoms with Gasteiger partial charge in [0.2, 0.25) is 0 Å². The predicted molar refractivity (Wildman–Crippen MR) is 123 cm³/mol. The van der Waals surface area contributed by atoms with Crippen molar-refractivity contribution in [3.63, 3.8) is 0 Å². The van der Waals surface area contributed by atoms with Crippen molar-refractivity contribution in [2.75, 3.05) is 0 Å². The van der Waals surface area contributed by atoms with E-state index in [-0.39, 0.29) is 16.7 Å². The number of hydrogen-bond donors (Lipinski definition) is 1. The lowest BCUT2D eigenvalue weighted by atomic mass is 9.72. The zero-order chi connectivity index (χ0) is 22.0. The molecule has 1 aliphatic rings. The van der Waals surface area contributed by atoms with Gasteiger partial charge < -0.3 is 0 Å². The Morgan fingerprint density at radius 1 is 1.13 bits per heavy atom. The third kappa shape index (κ3) is 4.74. The highest BCUT2D eigenvalue weighted by Crippen LogP contribution is 2.36. The first-order chi connectivity index (χ1) is 14.8. The molecule has 0 aliphatic heterocycles. The molecular weight excluding hydrogens is 388 g/mol. The van der Waals surface area contributed by atoms with Crippen LogP contribution in [0.5, 0.6) is 0 Å². The Kier molecular flexibility index (Phi) is 5.72. The molecule has 1 N–H and O–H groups in total. The van der Waals surface area contributed by atoms with Crippen LogP contribution in [0.4, 0.5) is 0 Å². The van der Waals surface area contributed by atoms with E-state index in [0.717, 1.165) is 30.5 Å². The van der Waals surface area contributed by atoms with Gasteiger partial charge in [-0.3, -0.25) is 9.59 Å². The second kappa shape index (κ2) is 8.46. The van der Waals surface area contributed by atoms with Crippen LogP contribution in [0.25, 0.3) is 10.8 Å². The maximum atomic E-state index is 13.1. The fraction of sp³-hybridized carbons (Fsp3) is 0.360. The van der Waals surface area contributed by atoms with Gasteiger partial charge in [-0.2, -0.15) is 10.2 Å². The van der Waals surface area contributed by atoms with E-state index in [9.17, 15) is 9.59 Å². The molecule has 0 unspecified atom stereocenters. The van der Waals surface area contributed by atoms with E-state index < -0.39 is 5.91 Å². The Morgan fingerprint density at radius 2 is 1.81 bits per heavy atom. The van der Waals surface area contributed by atoms with E-state index in [1.54, 1.807) is 24.3 Å². The zero-order valence-electron chi connectivity index (χ0n) is 18.3. The minimum Gasteiger partial charge on any atom is -0.267 e. The van der Waals surface area contributed by atoms with Crippen molar-refractivity contribution in [3.8, 4) is 0 Å². The van der Waals surface area contributed by atoms with Crippen LogP contribution in [0, 0.1) is 11.3 Å². The summed E-state index contributed by atoms with van der Waals surface area (Å²) in [4.78, 5) is 26.0. The van der Waals surface area contributed by atoms with Gasteiger partial charge in [-0.15, -0.1) is 0 Å². The summed E-state index contributed by atoms with van der Waals surface area (Å²) in [6.07, 6.45) is 2.89. The van der Waals surface area contributed by atoms with E-state index in [2.05, 4.69) is 36.4 Å². The van der Waals surface area contributed by atoms with Crippen LogP contribution >= 0.6 is 0 Å². The van der Waals surface area contributed by atoms with E-state index in [1.807, 2.05) is 30.3 Å². The Labute approximate surface area is 182 Å². The highest BCUT2D eigenvalue weighted by molar-refractivity contribution is 6.05. The first kappa shape index (κ1) is 21.0. The molecule has 0 spiro atoms. The van der Waals surface area contributed by atoms with Crippen LogP contribution in [0.3, 0.4) is 0 Å². The van der Waals surface area contributed by atoms with Gasteiger partial charge in [0.15, 0.2) is 5.69 Å². The van der Waals surface area contributed by atoms with Gasteiger partial charge in [-0.25, -0.2) is 10.1 Å². The lowest BCUT2D eigenvalue weighted by molar-refractivity contribution is 0.0948. The topological polar surface area (TPSA) is 76.3 Å². The fourth-order valence-electron chi connectivity index (χ4n) is 4.65. The van der Waals surface area contributed by atoms with Gasteiger partial charge in [0.25, 0.3) is 11.5 Å². The van der Waals surface area contributed by atoms with Gasteiger partial charge in [-0.1, -0.05) is 69.3 Å². The van der Waals surface area contributed by atoms with Crippen LogP contribution in [-0.2, 0) is 6.54 Å². The Morgan fingerprint density at radius 3 is 2.52 bits per heavy atom. The van der Waals surface area contributed by atoms with Crippen molar-refractivity contribution < 1.29 is 4.79 Å². The molecule has 160 valence electrons. The maximum Gasteiger partial charge on any atom is 0.292 e. The maximum absolute atomic E-state index is 13.1. The Bertz CT molecular complexity index is 1200. The Balaban J connectivity index is 1.68. The van der Waals surface area contributed by atoms with Crippen LogP contribution in [0.1, 0.15) is 56.1 Å². The van der Waals surface area contributed by atoms with Gasteiger partial charge in [0, 0.05) is 11.1 Å². The van der Waals surface area contributed by atoms with Crippen molar-refractivity contribution >= 4 is 22.4 Å². The van der Waals surface area contributed by atoms with Crippen molar-refractivity contribution in [1.29, 1.82) is 0 Å². The zero-order valence-corrected chi connectivity index (χ0v) is 18.3. The van der Waals surface area contributed by atoms with Gasteiger partial charge >= 0.3 is 0 Å². The molecule has 0 saturated heterocycles. The number of carbonyl (C=O) groups is 1. The largest absolute Gasteiger partial charge is 0.292 e. The van der Waals surface area contributed by atoms with Crippen LogP contribution in [0.15, 0.2) is 64.5 Å². The van der Waals surface area contributed by atoms with Gasteiger partial charge in [0.1, 0.15) is 0 Å². The monoisotopic (exact) mass is 416 g/mol. The molecule has 1 aliphatic carbocycles. The summed E-state index contributed by atoms with van der Waals surface area (Å²) in [5.41, 5.74) is 4.81. The second-order valence-electron chi connectivity index (χ2n) is 9.32. The van der Waals surface area contributed by atoms with Crippen molar-refractivity contribution in [1.82, 2.24) is 15.2 Å². The molecule has 1 heterocycles. The predicted octanol–water partition coefficient (Wildman–Crippen LogP) is 4.38. The number of benzene rings is 2. The van der Waals surface area contributed by atoms with Crippen molar-refractivity contribution in [2.24, 2.45) is 16.4 Å². The standard InChI is InChI=1S/C25H28N4O2/c1-17-13-19(15-25(2,3)14-17)26-27-23(30)22-20-11-7-8-12-21(20)24(31)29(28-22)16-18-9-5-4-6-10-18/h4-12,17H,13-16H2,1-3H3,(H,27,30)/b26-19-/t17-/m0/s1. The SMILES string of the molecule is C[C@H]1C/C(=N/NC(=O)c2nn(Cc3ccccc3)c(=O)c3ccccc23)CC(C)(C)C1. The van der Waals surface area contributed by atoms with Crippen LogP contribution in [-0.4, -0.2) is 21.4 Å². The molecule has 31 heavy (non-hydrogen) atoms. The number of nitrogens with one attached hydrogen (secondary N) is 1. The number of hydrogen-bond acceptors (Lipinski definition) is 4. The highest BCUT2D eigenvalue weighted by atomic mass is 16.2. The second-order valence-corrected chi connectivity index (χ2v) is 9.32. The Hall–Kier alpha value is -3.28.